The Balaban J connectivity index is 1.55. The molecule has 11 heteroatoms. The normalized spacial score (nSPS) is 18.4. The Morgan fingerprint density at radius 3 is 2.72 bits per heavy atom. The number of anilines is 2. The first-order valence-corrected chi connectivity index (χ1v) is 11.1. The number of ether oxygens (including phenoxy) is 3. The number of unbranched alkanes of at least 4 members (excludes halogenated alkanes) is 1. The molecule has 0 saturated carbocycles. The molecule has 3 rings (SSSR count). The molecule has 9 nitrogen and oxygen atoms in total. The predicted molar refractivity (Wildman–Crippen MR) is 122 cm³/mol. The van der Waals surface area contributed by atoms with Crippen LogP contribution in [0, 0.1) is 5.82 Å². The Hall–Kier alpha value is -2.82. The van der Waals surface area contributed by atoms with Crippen molar-refractivity contribution in [2.24, 2.45) is 0 Å². The smallest absolute Gasteiger partial charge is 0.414 e. The molecule has 1 atom stereocenters. The molecule has 2 heterocycles. The van der Waals surface area contributed by atoms with Crippen LogP contribution in [0.4, 0.5) is 25.4 Å². The van der Waals surface area contributed by atoms with E-state index in [1.807, 2.05) is 11.8 Å². The molecule has 1 N–H and O–H groups in total. The fourth-order valence-corrected chi connectivity index (χ4v) is 3.64. The maximum Gasteiger partial charge on any atom is 0.414 e. The van der Waals surface area contributed by atoms with E-state index in [1.54, 1.807) is 17.0 Å². The Morgan fingerprint density at radius 2 is 2.06 bits per heavy atom. The second kappa shape index (κ2) is 11.2. The lowest BCUT2D eigenvalue weighted by molar-refractivity contribution is 0.0989. The standard InChI is InChI=1S/C21H29FN4O5S/c1-3-4-11-30-20(27)25-9-7-24(8-10-25)18-6-5-15(12-17(18)22)26-14-16(31-21(26)28)13-23-19(32)29-2/h5-6,12,16H,3-4,7-11,13-14H2,1-2H3,(H,23,32)/t16-/m0/s1. The van der Waals surface area contributed by atoms with Crippen molar-refractivity contribution in [1.29, 1.82) is 0 Å². The van der Waals surface area contributed by atoms with Crippen LogP contribution in [0.15, 0.2) is 18.2 Å². The summed E-state index contributed by atoms with van der Waals surface area (Å²) in [6.45, 7) is 4.95. The summed E-state index contributed by atoms with van der Waals surface area (Å²) in [5, 5.41) is 3.06. The Bertz CT molecular complexity index is 834. The van der Waals surface area contributed by atoms with Crippen molar-refractivity contribution in [3.63, 3.8) is 0 Å². The first-order chi connectivity index (χ1) is 15.4. The van der Waals surface area contributed by atoms with Crippen LogP contribution in [0.3, 0.4) is 0 Å². The first-order valence-electron chi connectivity index (χ1n) is 10.7. The van der Waals surface area contributed by atoms with Gasteiger partial charge in [-0.25, -0.2) is 14.0 Å². The molecule has 0 spiro atoms. The highest BCUT2D eigenvalue weighted by atomic mass is 32.1. The van der Waals surface area contributed by atoms with Gasteiger partial charge in [0.1, 0.15) is 11.9 Å². The summed E-state index contributed by atoms with van der Waals surface area (Å²) in [4.78, 5) is 29.2. The summed E-state index contributed by atoms with van der Waals surface area (Å²) < 4.78 is 30.3. The van der Waals surface area contributed by atoms with Crippen molar-refractivity contribution < 1.29 is 28.2 Å². The van der Waals surface area contributed by atoms with Gasteiger partial charge in [-0.15, -0.1) is 0 Å². The zero-order valence-corrected chi connectivity index (χ0v) is 19.2. The molecule has 0 unspecified atom stereocenters. The lowest BCUT2D eigenvalue weighted by Crippen LogP contribution is -2.49. The summed E-state index contributed by atoms with van der Waals surface area (Å²) in [6, 6.07) is 4.68. The first kappa shape index (κ1) is 23.8. The minimum Gasteiger partial charge on any atom is -0.474 e. The molecule has 1 aromatic carbocycles. The van der Waals surface area contributed by atoms with Crippen molar-refractivity contribution in [2.75, 3.05) is 62.8 Å². The molecule has 2 aliphatic rings. The summed E-state index contributed by atoms with van der Waals surface area (Å²) in [6.07, 6.45) is 0.513. The van der Waals surface area contributed by atoms with E-state index in [4.69, 9.17) is 26.4 Å². The average molecular weight is 469 g/mol. The molecule has 0 aromatic heterocycles. The number of amides is 2. The van der Waals surface area contributed by atoms with Crippen LogP contribution in [0.5, 0.6) is 0 Å². The number of carbonyl (C=O) groups is 2. The molecule has 2 saturated heterocycles. The van der Waals surface area contributed by atoms with E-state index in [1.165, 1.54) is 18.1 Å². The van der Waals surface area contributed by atoms with Crippen molar-refractivity contribution in [1.82, 2.24) is 10.2 Å². The van der Waals surface area contributed by atoms with Gasteiger partial charge in [0.2, 0.25) is 0 Å². The van der Waals surface area contributed by atoms with Gasteiger partial charge < -0.3 is 29.3 Å². The zero-order chi connectivity index (χ0) is 23.1. The molecule has 0 bridgehead atoms. The molecule has 2 amide bonds. The van der Waals surface area contributed by atoms with Gasteiger partial charge in [-0.05, 0) is 36.8 Å². The second-order valence-electron chi connectivity index (χ2n) is 7.57. The van der Waals surface area contributed by atoms with Crippen LogP contribution in [-0.2, 0) is 14.2 Å². The van der Waals surface area contributed by atoms with Crippen LogP contribution in [0.1, 0.15) is 19.8 Å². The molecule has 0 radical (unpaired) electrons. The monoisotopic (exact) mass is 468 g/mol. The Kier molecular flexibility index (Phi) is 8.32. The number of halogens is 1. The summed E-state index contributed by atoms with van der Waals surface area (Å²) in [7, 11) is 1.45. The highest BCUT2D eigenvalue weighted by Gasteiger charge is 2.33. The number of nitrogens with zero attached hydrogens (tertiary/aromatic N) is 3. The van der Waals surface area contributed by atoms with Gasteiger partial charge in [-0.3, -0.25) is 4.90 Å². The number of nitrogens with one attached hydrogen (secondary N) is 1. The number of cyclic esters (lactones) is 1. The fraction of sp³-hybridized carbons (Fsp3) is 0.571. The number of benzene rings is 1. The minimum absolute atomic E-state index is 0.212. The number of piperazine rings is 1. The lowest BCUT2D eigenvalue weighted by Gasteiger charge is -2.35. The average Bonchev–Trinajstić information content (AvgIpc) is 3.18. The number of methoxy groups -OCH3 is 1. The third kappa shape index (κ3) is 5.90. The number of thiocarbonyl (C=S) groups is 1. The van der Waals surface area contributed by atoms with Gasteiger partial charge in [0, 0.05) is 26.2 Å². The Labute approximate surface area is 192 Å². The summed E-state index contributed by atoms with van der Waals surface area (Å²) in [5.74, 6) is -0.434. The van der Waals surface area contributed by atoms with Gasteiger partial charge in [0.25, 0.3) is 5.17 Å². The molecule has 0 aliphatic carbocycles. The molecule has 1 aromatic rings. The maximum atomic E-state index is 14.9. The molecular formula is C21H29FN4O5S. The highest BCUT2D eigenvalue weighted by molar-refractivity contribution is 7.80. The van der Waals surface area contributed by atoms with E-state index in [-0.39, 0.29) is 17.8 Å². The molecule has 32 heavy (non-hydrogen) atoms. The largest absolute Gasteiger partial charge is 0.474 e. The SMILES string of the molecule is CCCCOC(=O)N1CCN(c2ccc(N3C[C@H](CNC(=S)OC)OC3=O)cc2F)CC1. The molecular weight excluding hydrogens is 439 g/mol. The fourth-order valence-electron chi connectivity index (χ4n) is 3.55. The molecule has 2 fully saturated rings. The topological polar surface area (TPSA) is 83.6 Å². The van der Waals surface area contributed by atoms with Crippen LogP contribution in [0.25, 0.3) is 0 Å². The van der Waals surface area contributed by atoms with Gasteiger partial charge in [0.15, 0.2) is 0 Å². The van der Waals surface area contributed by atoms with Gasteiger partial charge in [0.05, 0.1) is 38.2 Å². The van der Waals surface area contributed by atoms with Gasteiger partial charge >= 0.3 is 12.2 Å². The quantitative estimate of drug-likeness (QED) is 0.483. The summed E-state index contributed by atoms with van der Waals surface area (Å²) in [5.41, 5.74) is 0.857. The number of hydrogen-bond acceptors (Lipinski definition) is 7. The van der Waals surface area contributed by atoms with Gasteiger partial charge in [-0.1, -0.05) is 13.3 Å². The van der Waals surface area contributed by atoms with E-state index in [0.717, 1.165) is 12.8 Å². The number of carbonyl (C=O) groups excluding carboxylic acids is 2. The van der Waals surface area contributed by atoms with Crippen molar-refractivity contribution in [3.05, 3.63) is 24.0 Å². The van der Waals surface area contributed by atoms with Crippen LogP contribution >= 0.6 is 12.2 Å². The number of rotatable bonds is 7. The van der Waals surface area contributed by atoms with Crippen LogP contribution in [0.2, 0.25) is 0 Å². The highest BCUT2D eigenvalue weighted by Crippen LogP contribution is 2.28. The minimum atomic E-state index is -0.539. The third-order valence-corrected chi connectivity index (χ3v) is 5.69. The lowest BCUT2D eigenvalue weighted by atomic mass is 10.2. The van der Waals surface area contributed by atoms with E-state index < -0.39 is 18.0 Å². The molecule has 2 aliphatic heterocycles. The van der Waals surface area contributed by atoms with Crippen LogP contribution in [-0.4, -0.2) is 81.4 Å². The number of hydrogen-bond donors (Lipinski definition) is 1. The van der Waals surface area contributed by atoms with E-state index in [2.05, 4.69) is 5.32 Å². The van der Waals surface area contributed by atoms with Crippen molar-refractivity contribution in [3.8, 4) is 0 Å². The maximum absolute atomic E-state index is 14.9. The van der Waals surface area contributed by atoms with Gasteiger partial charge in [-0.2, -0.15) is 0 Å². The van der Waals surface area contributed by atoms with Crippen LogP contribution < -0.4 is 15.1 Å². The summed E-state index contributed by atoms with van der Waals surface area (Å²) >= 11 is 4.91. The van der Waals surface area contributed by atoms with E-state index in [0.29, 0.717) is 50.7 Å². The van der Waals surface area contributed by atoms with Crippen molar-refractivity contribution in [2.45, 2.75) is 25.9 Å². The van der Waals surface area contributed by atoms with Crippen molar-refractivity contribution >= 4 is 41.0 Å². The predicted octanol–water partition coefficient (Wildman–Crippen LogP) is 2.73. The van der Waals surface area contributed by atoms with E-state index >= 15 is 0 Å². The second-order valence-corrected chi connectivity index (χ2v) is 7.94. The third-order valence-electron chi connectivity index (χ3n) is 5.38. The van der Waals surface area contributed by atoms with E-state index in [9.17, 15) is 14.0 Å². The molecule has 176 valence electrons. The Morgan fingerprint density at radius 1 is 1.31 bits per heavy atom. The zero-order valence-electron chi connectivity index (χ0n) is 18.3.